The van der Waals surface area contributed by atoms with E-state index in [1.165, 1.54) is 37.1 Å². The van der Waals surface area contributed by atoms with Crippen molar-refractivity contribution in [2.45, 2.75) is 70.4 Å². The molecule has 0 bridgehead atoms. The summed E-state index contributed by atoms with van der Waals surface area (Å²) in [7, 11) is 1.76. The van der Waals surface area contributed by atoms with Gasteiger partial charge >= 0.3 is 0 Å². The Bertz CT molecular complexity index is 1240. The fraction of sp³-hybridized carbons (Fsp3) is 0.533. The van der Waals surface area contributed by atoms with Crippen molar-refractivity contribution in [3.63, 3.8) is 0 Å². The second kappa shape index (κ2) is 10.9. The van der Waals surface area contributed by atoms with Gasteiger partial charge in [-0.25, -0.2) is 4.39 Å². The first-order chi connectivity index (χ1) is 17.8. The second-order valence-electron chi connectivity index (χ2n) is 11.4. The number of pyridine rings is 1. The quantitative estimate of drug-likeness (QED) is 0.491. The van der Waals surface area contributed by atoms with E-state index in [9.17, 15) is 9.18 Å². The Morgan fingerprint density at radius 3 is 2.57 bits per heavy atom. The fourth-order valence-corrected chi connectivity index (χ4v) is 6.10. The first kappa shape index (κ1) is 25.9. The molecule has 3 aromatic rings. The average Bonchev–Trinajstić information content (AvgIpc) is 3.29. The minimum atomic E-state index is -0.411. The van der Waals surface area contributed by atoms with Crippen LogP contribution in [0.25, 0.3) is 16.6 Å². The van der Waals surface area contributed by atoms with Crippen molar-refractivity contribution < 1.29 is 9.18 Å². The number of nitrogens with two attached hydrogens (primary N) is 1. The van der Waals surface area contributed by atoms with Crippen LogP contribution >= 0.6 is 0 Å². The van der Waals surface area contributed by atoms with Gasteiger partial charge in [-0.3, -0.25) is 9.78 Å². The summed E-state index contributed by atoms with van der Waals surface area (Å²) in [6.07, 6.45) is 12.9. The van der Waals surface area contributed by atoms with E-state index in [0.29, 0.717) is 23.2 Å². The van der Waals surface area contributed by atoms with Crippen LogP contribution in [0.3, 0.4) is 0 Å². The van der Waals surface area contributed by atoms with Gasteiger partial charge in [0.15, 0.2) is 0 Å². The van der Waals surface area contributed by atoms with Gasteiger partial charge < -0.3 is 20.1 Å². The third-order valence-corrected chi connectivity index (χ3v) is 8.62. The first-order valence-corrected chi connectivity index (χ1v) is 13.8. The van der Waals surface area contributed by atoms with Crippen LogP contribution in [-0.2, 0) is 0 Å². The molecule has 1 aliphatic carbocycles. The second-order valence-corrected chi connectivity index (χ2v) is 11.4. The lowest BCUT2D eigenvalue weighted by Gasteiger charge is -2.36. The van der Waals surface area contributed by atoms with Gasteiger partial charge in [0.05, 0.1) is 23.0 Å². The number of rotatable bonds is 6. The summed E-state index contributed by atoms with van der Waals surface area (Å²) < 4.78 is 16.4. The van der Waals surface area contributed by atoms with E-state index in [4.69, 9.17) is 5.73 Å². The molecule has 0 radical (unpaired) electrons. The molecule has 1 aliphatic heterocycles. The van der Waals surface area contributed by atoms with Crippen LogP contribution in [0.1, 0.15) is 74.2 Å². The van der Waals surface area contributed by atoms with Crippen LogP contribution < -0.4 is 5.73 Å². The summed E-state index contributed by atoms with van der Waals surface area (Å²) in [5, 5.41) is 1.16. The Hall–Kier alpha value is -2.77. The molecule has 2 N–H and O–H groups in total. The molecule has 0 unspecified atom stereocenters. The molecule has 7 heteroatoms. The van der Waals surface area contributed by atoms with Gasteiger partial charge in [-0.15, -0.1) is 0 Å². The molecule has 0 atom stereocenters. The summed E-state index contributed by atoms with van der Waals surface area (Å²) in [6, 6.07) is 6.99. The number of carbonyl (C=O) groups is 1. The van der Waals surface area contributed by atoms with E-state index in [-0.39, 0.29) is 11.9 Å². The van der Waals surface area contributed by atoms with Gasteiger partial charge in [0.2, 0.25) is 0 Å². The Kier molecular flexibility index (Phi) is 7.63. The van der Waals surface area contributed by atoms with Crippen LogP contribution in [0.5, 0.6) is 0 Å². The number of hydrogen-bond donors (Lipinski definition) is 1. The monoisotopic (exact) mass is 505 g/mol. The maximum absolute atomic E-state index is 14.3. The number of carbonyl (C=O) groups excluding carboxylic acids is 1. The molecule has 5 rings (SSSR count). The molecular formula is C30H40FN5O. The number of amides is 1. The smallest absolute Gasteiger partial charge is 0.256 e. The van der Waals surface area contributed by atoms with Crippen LogP contribution in [0, 0.1) is 11.7 Å². The van der Waals surface area contributed by atoms with Gasteiger partial charge in [-0.1, -0.05) is 0 Å². The largest absolute Gasteiger partial charge is 0.339 e. The molecule has 0 spiro atoms. The zero-order chi connectivity index (χ0) is 26.1. The predicted molar refractivity (Wildman–Crippen MR) is 147 cm³/mol. The standard InChI is InChI=1S/C30H40FN5O/c1-20(2)34(3)30(37)26-16-23(31)6-9-28(26)36-19-27(25-10-13-33-17-29(25)36)22-11-14-35(15-12-22)18-21-4-7-24(32)8-5-21/h6,9-10,13,16-17,19-22,24H,4-5,7-8,11-12,14-15,18,32H2,1-3H3/t21-,24-. The lowest BCUT2D eigenvalue weighted by atomic mass is 9.85. The Morgan fingerprint density at radius 2 is 1.86 bits per heavy atom. The van der Waals surface area contributed by atoms with Crippen molar-refractivity contribution in [1.29, 1.82) is 0 Å². The third-order valence-electron chi connectivity index (χ3n) is 8.62. The maximum Gasteiger partial charge on any atom is 0.256 e. The van der Waals surface area contributed by atoms with Gasteiger partial charge in [0, 0.05) is 43.5 Å². The molecule has 198 valence electrons. The molecule has 2 aliphatic rings. The molecule has 1 saturated carbocycles. The average molecular weight is 506 g/mol. The Labute approximate surface area is 219 Å². The summed E-state index contributed by atoms with van der Waals surface area (Å²) in [5.41, 5.74) is 9.40. The molecule has 3 heterocycles. The lowest BCUT2D eigenvalue weighted by Crippen LogP contribution is -2.38. The molecular weight excluding hydrogens is 465 g/mol. The zero-order valence-corrected chi connectivity index (χ0v) is 22.4. The molecule has 6 nitrogen and oxygen atoms in total. The Balaban J connectivity index is 1.41. The Morgan fingerprint density at radius 1 is 1.14 bits per heavy atom. The number of hydrogen-bond acceptors (Lipinski definition) is 4. The van der Waals surface area contributed by atoms with Crippen molar-refractivity contribution in [3.8, 4) is 5.69 Å². The first-order valence-electron chi connectivity index (χ1n) is 13.8. The highest BCUT2D eigenvalue weighted by Gasteiger charge is 2.28. The van der Waals surface area contributed by atoms with Gasteiger partial charge in [-0.2, -0.15) is 0 Å². The number of likely N-dealkylation sites (tertiary alicyclic amines) is 1. The molecule has 37 heavy (non-hydrogen) atoms. The van der Waals surface area contributed by atoms with Crippen LogP contribution in [0.4, 0.5) is 4.39 Å². The minimum Gasteiger partial charge on any atom is -0.339 e. The third kappa shape index (κ3) is 5.43. The zero-order valence-electron chi connectivity index (χ0n) is 22.4. The van der Waals surface area contributed by atoms with Crippen LogP contribution in [0.2, 0.25) is 0 Å². The van der Waals surface area contributed by atoms with E-state index in [1.807, 2.05) is 30.8 Å². The van der Waals surface area contributed by atoms with E-state index in [2.05, 4.69) is 22.1 Å². The van der Waals surface area contributed by atoms with Crippen molar-refractivity contribution >= 4 is 16.8 Å². The minimum absolute atomic E-state index is 0.0118. The van der Waals surface area contributed by atoms with Gasteiger partial charge in [0.25, 0.3) is 5.91 Å². The van der Waals surface area contributed by atoms with Crippen molar-refractivity contribution in [3.05, 3.63) is 59.8 Å². The maximum atomic E-state index is 14.3. The highest BCUT2D eigenvalue weighted by Crippen LogP contribution is 2.37. The SMILES string of the molecule is CC(C)N(C)C(=O)c1cc(F)ccc1-n1cc(C2CCN(C[C@H]3CC[C@H](N)CC3)CC2)c2ccncc21. The highest BCUT2D eigenvalue weighted by atomic mass is 19.1. The summed E-state index contributed by atoms with van der Waals surface area (Å²) in [4.78, 5) is 22.0. The topological polar surface area (TPSA) is 67.4 Å². The van der Waals surface area contributed by atoms with E-state index < -0.39 is 5.82 Å². The van der Waals surface area contributed by atoms with E-state index >= 15 is 0 Å². The van der Waals surface area contributed by atoms with E-state index in [0.717, 1.165) is 55.6 Å². The number of benzene rings is 1. The number of nitrogens with zero attached hydrogens (tertiary/aromatic N) is 4. The number of piperidine rings is 1. The highest BCUT2D eigenvalue weighted by molar-refractivity contribution is 5.99. The van der Waals surface area contributed by atoms with Crippen LogP contribution in [0.15, 0.2) is 42.9 Å². The summed E-state index contributed by atoms with van der Waals surface area (Å²) in [5.74, 6) is 0.628. The molecule has 1 saturated heterocycles. The van der Waals surface area contributed by atoms with Crippen molar-refractivity contribution in [2.75, 3.05) is 26.7 Å². The van der Waals surface area contributed by atoms with E-state index in [1.54, 1.807) is 18.0 Å². The number of halogens is 1. The molecule has 1 amide bonds. The fourth-order valence-electron chi connectivity index (χ4n) is 6.10. The lowest BCUT2D eigenvalue weighted by molar-refractivity contribution is 0.0754. The number of fused-ring (bicyclic) bond motifs is 1. The van der Waals surface area contributed by atoms with Crippen LogP contribution in [-0.4, -0.2) is 64.0 Å². The van der Waals surface area contributed by atoms with Crippen molar-refractivity contribution in [1.82, 2.24) is 19.4 Å². The molecule has 2 aromatic heterocycles. The van der Waals surface area contributed by atoms with Gasteiger partial charge in [-0.05, 0) is 107 Å². The van der Waals surface area contributed by atoms with Gasteiger partial charge in [0.1, 0.15) is 5.82 Å². The predicted octanol–water partition coefficient (Wildman–Crippen LogP) is 5.34. The molecule has 2 fully saturated rings. The summed E-state index contributed by atoms with van der Waals surface area (Å²) >= 11 is 0. The normalized spacial score (nSPS) is 21.6. The van der Waals surface area contributed by atoms with Crippen molar-refractivity contribution in [2.24, 2.45) is 11.7 Å². The number of aromatic nitrogens is 2. The summed E-state index contributed by atoms with van der Waals surface area (Å²) in [6.45, 7) is 7.31. The molecule has 1 aromatic carbocycles.